The number of hydrogen-bond acceptors (Lipinski definition) is 2. The average Bonchev–Trinajstić information content (AvgIpc) is 2.89. The summed E-state index contributed by atoms with van der Waals surface area (Å²) in [7, 11) is 0. The van der Waals surface area contributed by atoms with Crippen molar-refractivity contribution in [2.75, 3.05) is 10.6 Å². The SMILES string of the molecule is Cc1nn(Cc2ccccc2)c(C)c1NC(=S)Nc1ccccc1C(F)(F)F. The van der Waals surface area contributed by atoms with Crippen LogP contribution in [0.5, 0.6) is 0 Å². The number of para-hydroxylation sites is 1. The average molecular weight is 404 g/mol. The number of halogens is 3. The van der Waals surface area contributed by atoms with Crippen molar-refractivity contribution in [2.45, 2.75) is 26.6 Å². The van der Waals surface area contributed by atoms with Gasteiger partial charge in [0, 0.05) is 0 Å². The van der Waals surface area contributed by atoms with Crippen LogP contribution in [0.3, 0.4) is 0 Å². The van der Waals surface area contributed by atoms with Gasteiger partial charge in [-0.3, -0.25) is 4.68 Å². The Kier molecular flexibility index (Phi) is 5.69. The molecule has 146 valence electrons. The molecule has 1 heterocycles. The molecule has 1 aromatic heterocycles. The Bertz CT molecular complexity index is 981. The normalized spacial score (nSPS) is 11.3. The first-order valence-corrected chi connectivity index (χ1v) is 8.98. The van der Waals surface area contributed by atoms with Crippen LogP contribution in [0.15, 0.2) is 54.6 Å². The summed E-state index contributed by atoms with van der Waals surface area (Å²) in [6.45, 7) is 4.30. The van der Waals surface area contributed by atoms with E-state index < -0.39 is 11.7 Å². The monoisotopic (exact) mass is 404 g/mol. The Morgan fingerprint density at radius 3 is 2.32 bits per heavy atom. The molecule has 8 heteroatoms. The Hall–Kier alpha value is -2.87. The van der Waals surface area contributed by atoms with Gasteiger partial charge >= 0.3 is 6.18 Å². The first kappa shape index (κ1) is 19.9. The topological polar surface area (TPSA) is 41.9 Å². The van der Waals surface area contributed by atoms with Crippen LogP contribution in [0.25, 0.3) is 0 Å². The molecular weight excluding hydrogens is 385 g/mol. The molecule has 3 aromatic rings. The van der Waals surface area contributed by atoms with Crippen LogP contribution in [-0.2, 0) is 12.7 Å². The molecule has 0 aliphatic rings. The molecule has 0 atom stereocenters. The molecule has 0 unspecified atom stereocenters. The predicted molar refractivity (Wildman–Crippen MR) is 109 cm³/mol. The standard InChI is InChI=1S/C20H19F3N4S/c1-13-18(14(2)27(26-13)12-15-8-4-3-5-9-15)25-19(28)24-17-11-7-6-10-16(17)20(21,22)23/h3-11H,12H2,1-2H3,(H2,24,25,28). The smallest absolute Gasteiger partial charge is 0.332 e. The molecule has 0 spiro atoms. The molecule has 2 aromatic carbocycles. The summed E-state index contributed by atoms with van der Waals surface area (Å²) in [6.07, 6.45) is -4.47. The van der Waals surface area contributed by atoms with Crippen molar-refractivity contribution in [3.05, 3.63) is 77.1 Å². The fourth-order valence-electron chi connectivity index (χ4n) is 2.89. The van der Waals surface area contributed by atoms with E-state index in [2.05, 4.69) is 15.7 Å². The third-order valence-electron chi connectivity index (χ3n) is 4.28. The summed E-state index contributed by atoms with van der Waals surface area (Å²) in [5.41, 5.74) is 2.46. The zero-order valence-electron chi connectivity index (χ0n) is 15.3. The summed E-state index contributed by atoms with van der Waals surface area (Å²) < 4.78 is 41.3. The van der Waals surface area contributed by atoms with Crippen LogP contribution < -0.4 is 10.6 Å². The number of anilines is 2. The summed E-state index contributed by atoms with van der Waals surface area (Å²) in [4.78, 5) is 0. The van der Waals surface area contributed by atoms with Crippen molar-refractivity contribution >= 4 is 28.7 Å². The van der Waals surface area contributed by atoms with E-state index in [1.54, 1.807) is 0 Å². The van der Waals surface area contributed by atoms with Crippen LogP contribution in [0.1, 0.15) is 22.5 Å². The quantitative estimate of drug-likeness (QED) is 0.573. The minimum atomic E-state index is -4.47. The van der Waals surface area contributed by atoms with Crippen molar-refractivity contribution in [2.24, 2.45) is 0 Å². The second kappa shape index (κ2) is 8.02. The number of aromatic nitrogens is 2. The van der Waals surface area contributed by atoms with Gasteiger partial charge in [0.05, 0.1) is 34.9 Å². The fraction of sp³-hybridized carbons (Fsp3) is 0.200. The summed E-state index contributed by atoms with van der Waals surface area (Å²) in [5.74, 6) is 0. The predicted octanol–water partition coefficient (Wildman–Crippen LogP) is 5.38. The molecule has 0 saturated carbocycles. The minimum Gasteiger partial charge on any atom is -0.332 e. The van der Waals surface area contributed by atoms with E-state index in [0.717, 1.165) is 17.3 Å². The van der Waals surface area contributed by atoms with Gasteiger partial charge in [0.2, 0.25) is 0 Å². The number of thiocarbonyl (C=S) groups is 1. The molecule has 3 rings (SSSR count). The van der Waals surface area contributed by atoms with Gasteiger partial charge in [0.15, 0.2) is 5.11 Å². The highest BCUT2D eigenvalue weighted by molar-refractivity contribution is 7.80. The molecule has 0 aliphatic heterocycles. The highest BCUT2D eigenvalue weighted by Gasteiger charge is 2.33. The summed E-state index contributed by atoms with van der Waals surface area (Å²) >= 11 is 5.23. The van der Waals surface area contributed by atoms with Crippen molar-refractivity contribution in [1.82, 2.24) is 9.78 Å². The van der Waals surface area contributed by atoms with Gasteiger partial charge in [-0.25, -0.2) is 0 Å². The van der Waals surface area contributed by atoms with Gasteiger partial charge in [-0.2, -0.15) is 18.3 Å². The fourth-order valence-corrected chi connectivity index (χ4v) is 3.11. The Morgan fingerprint density at radius 1 is 1.00 bits per heavy atom. The van der Waals surface area contributed by atoms with Gasteiger partial charge in [-0.1, -0.05) is 42.5 Å². The lowest BCUT2D eigenvalue weighted by atomic mass is 10.1. The molecule has 4 nitrogen and oxygen atoms in total. The third kappa shape index (κ3) is 4.51. The van der Waals surface area contributed by atoms with Crippen LogP contribution in [0, 0.1) is 13.8 Å². The lowest BCUT2D eigenvalue weighted by molar-refractivity contribution is -0.136. The molecule has 0 amide bonds. The Morgan fingerprint density at radius 2 is 1.64 bits per heavy atom. The number of aryl methyl sites for hydroxylation is 1. The number of nitrogens with zero attached hydrogens (tertiary/aromatic N) is 2. The largest absolute Gasteiger partial charge is 0.418 e. The van der Waals surface area contributed by atoms with Crippen LogP contribution >= 0.6 is 12.2 Å². The van der Waals surface area contributed by atoms with Crippen LogP contribution in [0.2, 0.25) is 0 Å². The van der Waals surface area contributed by atoms with Gasteiger partial charge in [0.25, 0.3) is 0 Å². The van der Waals surface area contributed by atoms with Gasteiger partial charge in [-0.15, -0.1) is 0 Å². The Labute approximate surface area is 166 Å². The zero-order chi connectivity index (χ0) is 20.3. The van der Waals surface area contributed by atoms with Gasteiger partial charge in [-0.05, 0) is 43.8 Å². The number of alkyl halides is 3. The second-order valence-corrected chi connectivity index (χ2v) is 6.72. The van der Waals surface area contributed by atoms with Crippen LogP contribution in [-0.4, -0.2) is 14.9 Å². The van der Waals surface area contributed by atoms with E-state index in [4.69, 9.17) is 12.2 Å². The number of hydrogen-bond donors (Lipinski definition) is 2. The minimum absolute atomic E-state index is 0.0714. The molecule has 2 N–H and O–H groups in total. The van der Waals surface area contributed by atoms with E-state index in [0.29, 0.717) is 17.9 Å². The number of nitrogens with one attached hydrogen (secondary N) is 2. The summed E-state index contributed by atoms with van der Waals surface area (Å²) in [5, 5.41) is 10.2. The van der Waals surface area contributed by atoms with Crippen molar-refractivity contribution in [3.63, 3.8) is 0 Å². The lowest BCUT2D eigenvalue weighted by Gasteiger charge is -2.16. The maximum atomic E-state index is 13.1. The van der Waals surface area contributed by atoms with E-state index >= 15 is 0 Å². The molecule has 0 saturated heterocycles. The first-order chi connectivity index (χ1) is 13.3. The van der Waals surface area contributed by atoms with Gasteiger partial charge in [0.1, 0.15) is 0 Å². The lowest BCUT2D eigenvalue weighted by Crippen LogP contribution is -2.22. The van der Waals surface area contributed by atoms with Crippen molar-refractivity contribution < 1.29 is 13.2 Å². The second-order valence-electron chi connectivity index (χ2n) is 6.31. The van der Waals surface area contributed by atoms with Crippen LogP contribution in [0.4, 0.5) is 24.5 Å². The third-order valence-corrected chi connectivity index (χ3v) is 4.48. The highest BCUT2D eigenvalue weighted by atomic mass is 32.1. The van der Waals surface area contributed by atoms with Gasteiger partial charge < -0.3 is 10.6 Å². The first-order valence-electron chi connectivity index (χ1n) is 8.58. The molecular formula is C20H19F3N4S. The van der Waals surface area contributed by atoms with E-state index in [9.17, 15) is 13.2 Å². The summed E-state index contributed by atoms with van der Waals surface area (Å²) in [6, 6.07) is 15.1. The van der Waals surface area contributed by atoms with E-state index in [1.807, 2.05) is 48.9 Å². The molecule has 0 bridgehead atoms. The van der Waals surface area contributed by atoms with Crippen molar-refractivity contribution in [1.29, 1.82) is 0 Å². The maximum absolute atomic E-state index is 13.1. The zero-order valence-corrected chi connectivity index (χ0v) is 16.2. The number of benzene rings is 2. The Balaban J connectivity index is 1.77. The molecule has 0 fully saturated rings. The highest BCUT2D eigenvalue weighted by Crippen LogP contribution is 2.34. The van der Waals surface area contributed by atoms with E-state index in [-0.39, 0.29) is 10.8 Å². The van der Waals surface area contributed by atoms with Crippen molar-refractivity contribution in [3.8, 4) is 0 Å². The maximum Gasteiger partial charge on any atom is 0.418 e. The number of rotatable bonds is 4. The van der Waals surface area contributed by atoms with E-state index in [1.165, 1.54) is 18.2 Å². The molecule has 0 aliphatic carbocycles. The molecule has 0 radical (unpaired) electrons. The molecule has 28 heavy (non-hydrogen) atoms.